The molecule has 0 saturated carbocycles. The Morgan fingerprint density at radius 1 is 0.587 bits per heavy atom. The summed E-state index contributed by atoms with van der Waals surface area (Å²) >= 11 is 0. The second-order valence-corrected chi connectivity index (χ2v) is 9.91. The van der Waals surface area contributed by atoms with E-state index >= 15 is 0 Å². The van der Waals surface area contributed by atoms with E-state index in [-0.39, 0.29) is 12.8 Å². The Bertz CT molecular complexity index is 1040. The molecule has 0 bridgehead atoms. The van der Waals surface area contributed by atoms with E-state index in [2.05, 4.69) is 36.1 Å². The zero-order chi connectivity index (χ0) is 36.7. The first-order chi connectivity index (χ1) is 21.2. The van der Waals surface area contributed by atoms with E-state index in [0.717, 1.165) is 18.2 Å². The van der Waals surface area contributed by atoms with Gasteiger partial charge in [0, 0.05) is 23.7 Å². The van der Waals surface area contributed by atoms with Gasteiger partial charge in [-0.2, -0.15) is 0 Å². The van der Waals surface area contributed by atoms with E-state index in [1.54, 1.807) is 27.7 Å². The average Bonchev–Trinajstić information content (AvgIpc) is 2.99. The first-order valence-corrected chi connectivity index (χ1v) is 13.9. The topological polar surface area (TPSA) is 327 Å². The summed E-state index contributed by atoms with van der Waals surface area (Å²) < 4.78 is 0. The van der Waals surface area contributed by atoms with Gasteiger partial charge in [0.2, 0.25) is 41.4 Å². The van der Waals surface area contributed by atoms with E-state index in [1.165, 1.54) is 0 Å². The lowest BCUT2D eigenvalue weighted by atomic mass is 9.92. The Labute approximate surface area is 267 Å². The molecule has 0 spiro atoms. The smallest absolute Gasteiger partial charge is 0.245 e. The monoisotopic (exact) mass is 659 g/mol. The molecule has 7 amide bonds. The lowest BCUT2D eigenvalue weighted by Gasteiger charge is -2.24. The maximum absolute atomic E-state index is 12.1. The molecule has 262 valence electrons. The Balaban J connectivity index is -0.000000805. The molecule has 0 aliphatic carbocycles. The van der Waals surface area contributed by atoms with Gasteiger partial charge in [0.1, 0.15) is 0 Å². The predicted octanol–water partition coefficient (Wildman–Crippen LogP) is -3.57. The summed E-state index contributed by atoms with van der Waals surface area (Å²) in [6, 6.07) is 0. The maximum atomic E-state index is 12.1. The number of aliphatic hydroxyl groups excluding tert-OH is 4. The molecular formula is C28H49N7O11. The number of nitrogens with two attached hydrogens (primary N) is 3. The largest absolute Gasteiger partial charge is 0.369 e. The highest BCUT2D eigenvalue weighted by molar-refractivity contribution is 5.88. The molecule has 8 atom stereocenters. The van der Waals surface area contributed by atoms with E-state index in [9.17, 15) is 43.8 Å². The van der Waals surface area contributed by atoms with Crippen molar-refractivity contribution in [1.29, 1.82) is 0 Å². The quantitative estimate of drug-likeness (QED) is 0.0505. The number of carbonyl (C=O) groups excluding carboxylic acids is 7. The molecule has 0 aromatic carbocycles. The van der Waals surface area contributed by atoms with E-state index in [4.69, 9.17) is 21.7 Å². The minimum atomic E-state index is -1.74. The molecule has 18 nitrogen and oxygen atoms in total. The Morgan fingerprint density at radius 2 is 0.913 bits per heavy atom. The molecular weight excluding hydrogens is 610 g/mol. The summed E-state index contributed by atoms with van der Waals surface area (Å²) in [4.78, 5) is 77.1. The van der Waals surface area contributed by atoms with Crippen molar-refractivity contribution in [3.05, 3.63) is 38.0 Å². The normalized spacial score (nSPS) is 15.2. The Kier molecular flexibility index (Phi) is 24.5. The fourth-order valence-electron chi connectivity index (χ4n) is 3.07. The van der Waals surface area contributed by atoms with Crippen LogP contribution in [0.1, 0.15) is 47.0 Å². The van der Waals surface area contributed by atoms with Gasteiger partial charge in [0.15, 0.2) is 24.9 Å². The van der Waals surface area contributed by atoms with E-state index in [0.29, 0.717) is 6.42 Å². The van der Waals surface area contributed by atoms with Gasteiger partial charge in [-0.05, 0) is 37.5 Å². The van der Waals surface area contributed by atoms with Crippen LogP contribution in [0.4, 0.5) is 0 Å². The van der Waals surface area contributed by atoms with Crippen molar-refractivity contribution in [2.45, 2.75) is 71.9 Å². The maximum Gasteiger partial charge on any atom is 0.245 e. The predicted molar refractivity (Wildman–Crippen MR) is 165 cm³/mol. The number of amides is 7. The molecule has 0 fully saturated rings. The minimum absolute atomic E-state index is 0.179. The molecule has 0 rings (SSSR count). The number of rotatable bonds is 18. The van der Waals surface area contributed by atoms with Crippen molar-refractivity contribution in [2.75, 3.05) is 0 Å². The third kappa shape index (κ3) is 21.9. The number of carbonyl (C=O) groups is 7. The van der Waals surface area contributed by atoms with Gasteiger partial charge in [-0.1, -0.05) is 47.4 Å². The third-order valence-electron chi connectivity index (χ3n) is 5.95. The number of nitrogens with one attached hydrogen (secondary N) is 4. The summed E-state index contributed by atoms with van der Waals surface area (Å²) in [5.41, 5.74) is 14.9. The molecule has 18 heteroatoms. The molecule has 0 aromatic rings. The molecule has 0 heterocycles. The van der Waals surface area contributed by atoms with Gasteiger partial charge in [0.25, 0.3) is 0 Å². The summed E-state index contributed by atoms with van der Waals surface area (Å²) in [6.07, 6.45) is -2.90. The number of aliphatic hydroxyl groups is 4. The number of hydrogen-bond acceptors (Lipinski definition) is 11. The fraction of sp³-hybridized carbons (Fsp3) is 0.536. The summed E-state index contributed by atoms with van der Waals surface area (Å²) in [7, 11) is 0. The lowest BCUT2D eigenvalue weighted by Crippen LogP contribution is -2.53. The molecule has 0 radical (unpaired) electrons. The molecule has 0 saturated heterocycles. The van der Waals surface area contributed by atoms with Crippen molar-refractivity contribution < 1.29 is 54.0 Å². The van der Waals surface area contributed by atoms with Crippen LogP contribution in [0, 0.1) is 23.7 Å². The SMILES string of the molecule is C=CC(=O)NC(O)C(O)NC(=O)C=C.C=CC(N)=O.CCC(CC(C)C(=O)NC(O)C(O)NC(=O)C(C)CC(C)C(N)=O)C(N)=O. The Morgan fingerprint density at radius 3 is 1.17 bits per heavy atom. The van der Waals surface area contributed by atoms with Crippen LogP contribution in [-0.4, -0.2) is 86.7 Å². The molecule has 8 unspecified atom stereocenters. The summed E-state index contributed by atoms with van der Waals surface area (Å²) in [6.45, 7) is 15.8. The summed E-state index contributed by atoms with van der Waals surface area (Å²) in [5, 5.41) is 46.2. The lowest BCUT2D eigenvalue weighted by molar-refractivity contribution is -0.138. The first-order valence-electron chi connectivity index (χ1n) is 13.9. The van der Waals surface area contributed by atoms with Crippen molar-refractivity contribution in [1.82, 2.24) is 21.3 Å². The molecule has 0 aliphatic heterocycles. The molecule has 46 heavy (non-hydrogen) atoms. The second-order valence-electron chi connectivity index (χ2n) is 9.91. The summed E-state index contributed by atoms with van der Waals surface area (Å²) in [5.74, 6) is -6.31. The Hall–Kier alpha value is -4.65. The van der Waals surface area contributed by atoms with Gasteiger partial charge >= 0.3 is 0 Å². The van der Waals surface area contributed by atoms with Gasteiger partial charge in [-0.25, -0.2) is 0 Å². The van der Waals surface area contributed by atoms with Gasteiger partial charge in [0.05, 0.1) is 0 Å². The van der Waals surface area contributed by atoms with Crippen LogP contribution in [0.2, 0.25) is 0 Å². The van der Waals surface area contributed by atoms with Crippen LogP contribution in [0.5, 0.6) is 0 Å². The highest BCUT2D eigenvalue weighted by Crippen LogP contribution is 2.16. The molecule has 0 aromatic heterocycles. The van der Waals surface area contributed by atoms with Gasteiger partial charge in [-0.3, -0.25) is 33.6 Å². The van der Waals surface area contributed by atoms with Crippen molar-refractivity contribution in [3.8, 4) is 0 Å². The van der Waals surface area contributed by atoms with Crippen molar-refractivity contribution in [3.63, 3.8) is 0 Å². The van der Waals surface area contributed by atoms with Crippen molar-refractivity contribution >= 4 is 41.4 Å². The molecule has 14 N–H and O–H groups in total. The van der Waals surface area contributed by atoms with Gasteiger partial charge in [-0.15, -0.1) is 0 Å². The van der Waals surface area contributed by atoms with Crippen LogP contribution in [0.15, 0.2) is 38.0 Å². The zero-order valence-electron chi connectivity index (χ0n) is 26.5. The minimum Gasteiger partial charge on any atom is -0.369 e. The van der Waals surface area contributed by atoms with E-state index in [1.807, 2.05) is 10.6 Å². The fourth-order valence-corrected chi connectivity index (χ4v) is 3.07. The van der Waals surface area contributed by atoms with Crippen LogP contribution >= 0.6 is 0 Å². The van der Waals surface area contributed by atoms with Crippen LogP contribution in [0.3, 0.4) is 0 Å². The highest BCUT2D eigenvalue weighted by atomic mass is 16.4. The van der Waals surface area contributed by atoms with Crippen LogP contribution in [0.25, 0.3) is 0 Å². The third-order valence-corrected chi connectivity index (χ3v) is 5.95. The highest BCUT2D eigenvalue weighted by Gasteiger charge is 2.27. The van der Waals surface area contributed by atoms with Crippen LogP contribution in [-0.2, 0) is 33.6 Å². The molecule has 0 aliphatic rings. The first kappa shape index (κ1) is 45.8. The zero-order valence-corrected chi connectivity index (χ0v) is 26.5. The van der Waals surface area contributed by atoms with Crippen molar-refractivity contribution in [2.24, 2.45) is 40.9 Å². The second kappa shape index (κ2) is 24.6. The number of hydrogen-bond donors (Lipinski definition) is 11. The van der Waals surface area contributed by atoms with Gasteiger partial charge < -0.3 is 58.9 Å². The average molecular weight is 660 g/mol. The van der Waals surface area contributed by atoms with E-state index < -0.39 is 89.9 Å². The standard InChI is InChI=1S/C17H32N4O6.C8H12N2O4.C3H5NO/c1-5-11(13(19)23)7-10(4)15(25)21-17(27)16(26)20-14(24)9(3)6-8(2)12(18)22;1-3-5(11)9-7(13)8(14)10-6(12)4-2;1-2-3(4)5/h8-11,16-17,26-27H,5-7H2,1-4H3,(H2,18,22)(H2,19,23)(H,20,24)(H,21,25);3-4,7-8,13-14H,1-2H2,(H,9,11)(H,10,12);2H,1H2,(H2,4,5). The van der Waals surface area contributed by atoms with Crippen LogP contribution < -0.4 is 38.5 Å². The number of primary amides is 3.